The van der Waals surface area contributed by atoms with Crippen molar-refractivity contribution in [1.29, 1.82) is 0 Å². The first-order valence-electron chi connectivity index (χ1n) is 10.1. The zero-order valence-corrected chi connectivity index (χ0v) is 17.7. The van der Waals surface area contributed by atoms with Crippen molar-refractivity contribution in [3.63, 3.8) is 0 Å². The van der Waals surface area contributed by atoms with E-state index in [0.717, 1.165) is 5.56 Å². The van der Waals surface area contributed by atoms with E-state index in [1.807, 2.05) is 31.2 Å². The average molecular weight is 430 g/mol. The third-order valence-electron chi connectivity index (χ3n) is 5.20. The summed E-state index contributed by atoms with van der Waals surface area (Å²) in [5.74, 6) is -0.541. The molecule has 1 aliphatic heterocycles. The van der Waals surface area contributed by atoms with Crippen molar-refractivity contribution in [2.45, 2.75) is 19.9 Å². The molecule has 7 nitrogen and oxygen atoms in total. The molecule has 1 saturated heterocycles. The zero-order chi connectivity index (χ0) is 22.8. The van der Waals surface area contributed by atoms with Gasteiger partial charge in [-0.2, -0.15) is 0 Å². The number of Topliss-reactive ketones (excluding diaryl/α,β-unsaturated/α-hetero) is 1. The summed E-state index contributed by atoms with van der Waals surface area (Å²) in [5.41, 5.74) is 2.07. The number of nitrogens with zero attached hydrogens (tertiary/aromatic N) is 2. The summed E-state index contributed by atoms with van der Waals surface area (Å²) in [6.45, 7) is 7.60. The highest BCUT2D eigenvalue weighted by atomic mass is 16.5. The van der Waals surface area contributed by atoms with Crippen LogP contribution in [0.25, 0.3) is 5.76 Å². The summed E-state index contributed by atoms with van der Waals surface area (Å²) in [5, 5.41) is 15.0. The van der Waals surface area contributed by atoms with Gasteiger partial charge in [0.25, 0.3) is 5.78 Å². The fraction of sp³-hybridized carbons (Fsp3) is 0.160. The van der Waals surface area contributed by atoms with Crippen LogP contribution in [-0.4, -0.2) is 28.6 Å². The number of ketones is 1. The highest BCUT2D eigenvalue weighted by molar-refractivity contribution is 6.51. The topological polar surface area (TPSA) is 92.9 Å². The minimum absolute atomic E-state index is 0.0146. The van der Waals surface area contributed by atoms with Crippen LogP contribution in [-0.2, 0) is 9.59 Å². The molecule has 4 rings (SSSR count). The number of carbonyl (C=O) groups is 2. The van der Waals surface area contributed by atoms with Gasteiger partial charge in [-0.15, -0.1) is 0 Å². The summed E-state index contributed by atoms with van der Waals surface area (Å²) in [4.78, 5) is 27.3. The van der Waals surface area contributed by atoms with Crippen molar-refractivity contribution < 1.29 is 24.0 Å². The van der Waals surface area contributed by atoms with Crippen molar-refractivity contribution in [1.82, 2.24) is 5.16 Å². The molecule has 1 amide bonds. The number of amides is 1. The molecule has 1 unspecified atom stereocenters. The molecule has 0 radical (unpaired) electrons. The van der Waals surface area contributed by atoms with Crippen LogP contribution in [0.1, 0.15) is 28.5 Å². The SMILES string of the molecule is C=CCOc1ccc(C(O)=C2C(=O)C(=O)N(c3cc(C)on3)C2c2ccc(C)cc2)cc1. The Morgan fingerprint density at radius 3 is 2.44 bits per heavy atom. The van der Waals surface area contributed by atoms with Crippen molar-refractivity contribution >= 4 is 23.3 Å². The third-order valence-corrected chi connectivity index (χ3v) is 5.20. The standard InChI is InChI=1S/C25H22N2O5/c1-4-13-31-19-11-9-18(10-12-19)23(28)21-22(17-7-5-15(2)6-8-17)27(25(30)24(21)29)20-14-16(3)32-26-20/h4-12,14,22,28H,1,13H2,2-3H3. The quantitative estimate of drug-likeness (QED) is 0.268. The predicted octanol–water partition coefficient (Wildman–Crippen LogP) is 4.48. The molecule has 2 heterocycles. The summed E-state index contributed by atoms with van der Waals surface area (Å²) < 4.78 is 10.6. The minimum Gasteiger partial charge on any atom is -0.507 e. The lowest BCUT2D eigenvalue weighted by atomic mass is 9.94. The predicted molar refractivity (Wildman–Crippen MR) is 119 cm³/mol. The number of hydrogen-bond acceptors (Lipinski definition) is 6. The van der Waals surface area contributed by atoms with Crippen LogP contribution in [0.15, 0.2) is 77.3 Å². The van der Waals surface area contributed by atoms with Gasteiger partial charge in [0, 0.05) is 11.6 Å². The van der Waals surface area contributed by atoms with E-state index < -0.39 is 17.7 Å². The summed E-state index contributed by atoms with van der Waals surface area (Å²) in [6.07, 6.45) is 1.63. The molecule has 162 valence electrons. The maximum atomic E-state index is 13.1. The molecule has 1 N–H and O–H groups in total. The van der Waals surface area contributed by atoms with E-state index in [1.165, 1.54) is 4.90 Å². The Bertz CT molecular complexity index is 1210. The van der Waals surface area contributed by atoms with E-state index >= 15 is 0 Å². The van der Waals surface area contributed by atoms with Crippen LogP contribution in [0.3, 0.4) is 0 Å². The van der Waals surface area contributed by atoms with Crippen LogP contribution in [0.5, 0.6) is 5.75 Å². The molecule has 1 aromatic heterocycles. The van der Waals surface area contributed by atoms with Crippen LogP contribution < -0.4 is 9.64 Å². The molecule has 1 atom stereocenters. The van der Waals surface area contributed by atoms with E-state index in [4.69, 9.17) is 9.26 Å². The van der Waals surface area contributed by atoms with E-state index in [-0.39, 0.29) is 17.2 Å². The lowest BCUT2D eigenvalue weighted by Gasteiger charge is -2.23. The smallest absolute Gasteiger partial charge is 0.301 e. The number of benzene rings is 2. The molecule has 0 saturated carbocycles. The van der Waals surface area contributed by atoms with Gasteiger partial charge < -0.3 is 14.4 Å². The number of hydrogen-bond donors (Lipinski definition) is 1. The van der Waals surface area contributed by atoms with Gasteiger partial charge in [0.05, 0.1) is 11.6 Å². The molecule has 1 fully saturated rings. The van der Waals surface area contributed by atoms with Crippen LogP contribution >= 0.6 is 0 Å². The van der Waals surface area contributed by atoms with E-state index in [0.29, 0.717) is 29.2 Å². The molecule has 0 bridgehead atoms. The molecule has 32 heavy (non-hydrogen) atoms. The van der Waals surface area contributed by atoms with Gasteiger partial charge in [0.2, 0.25) is 0 Å². The lowest BCUT2D eigenvalue weighted by Crippen LogP contribution is -2.29. The van der Waals surface area contributed by atoms with Gasteiger partial charge in [0.15, 0.2) is 5.82 Å². The molecule has 3 aromatic rings. The van der Waals surface area contributed by atoms with Crippen LogP contribution in [0.4, 0.5) is 5.82 Å². The van der Waals surface area contributed by atoms with Gasteiger partial charge >= 0.3 is 5.91 Å². The monoisotopic (exact) mass is 430 g/mol. The highest BCUT2D eigenvalue weighted by Gasteiger charge is 2.48. The van der Waals surface area contributed by atoms with Gasteiger partial charge in [-0.25, -0.2) is 0 Å². The first kappa shape index (κ1) is 21.1. The Labute approximate surface area is 185 Å². The van der Waals surface area contributed by atoms with Crippen molar-refractivity contribution in [2.75, 3.05) is 11.5 Å². The second-order valence-corrected chi connectivity index (χ2v) is 7.50. The molecular formula is C25H22N2O5. The largest absolute Gasteiger partial charge is 0.507 e. The van der Waals surface area contributed by atoms with Crippen molar-refractivity contribution in [3.05, 3.63) is 95.3 Å². The van der Waals surface area contributed by atoms with E-state index in [2.05, 4.69) is 11.7 Å². The van der Waals surface area contributed by atoms with Crippen molar-refractivity contribution in [3.8, 4) is 5.75 Å². The Kier molecular flexibility index (Phi) is 5.64. The Hall–Kier alpha value is -4.13. The second kappa shape index (κ2) is 8.55. The van der Waals surface area contributed by atoms with Gasteiger partial charge in [-0.3, -0.25) is 14.5 Å². The summed E-state index contributed by atoms with van der Waals surface area (Å²) >= 11 is 0. The number of aliphatic hydroxyl groups is 1. The Balaban J connectivity index is 1.84. The van der Waals surface area contributed by atoms with Crippen LogP contribution in [0, 0.1) is 13.8 Å². The first-order chi connectivity index (χ1) is 15.4. The molecule has 0 aliphatic carbocycles. The van der Waals surface area contributed by atoms with E-state index in [1.54, 1.807) is 43.3 Å². The van der Waals surface area contributed by atoms with E-state index in [9.17, 15) is 14.7 Å². The number of ether oxygens (including phenoxy) is 1. The molecule has 1 aliphatic rings. The Morgan fingerprint density at radius 2 is 1.84 bits per heavy atom. The number of anilines is 1. The fourth-order valence-corrected chi connectivity index (χ4v) is 3.62. The maximum absolute atomic E-state index is 13.1. The number of aliphatic hydroxyl groups excluding tert-OH is 1. The van der Waals surface area contributed by atoms with Crippen molar-refractivity contribution in [2.24, 2.45) is 0 Å². The van der Waals surface area contributed by atoms with Gasteiger partial charge in [-0.05, 0) is 43.7 Å². The molecule has 0 spiro atoms. The fourth-order valence-electron chi connectivity index (χ4n) is 3.62. The number of carbonyl (C=O) groups excluding carboxylic acids is 2. The molecule has 7 heteroatoms. The molecule has 2 aromatic carbocycles. The maximum Gasteiger partial charge on any atom is 0.301 e. The first-order valence-corrected chi connectivity index (χ1v) is 10.1. The minimum atomic E-state index is -0.850. The lowest BCUT2D eigenvalue weighted by molar-refractivity contribution is -0.132. The van der Waals surface area contributed by atoms with Crippen LogP contribution in [0.2, 0.25) is 0 Å². The zero-order valence-electron chi connectivity index (χ0n) is 17.7. The number of aromatic nitrogens is 1. The summed E-state index contributed by atoms with van der Waals surface area (Å²) in [7, 11) is 0. The number of aryl methyl sites for hydroxylation is 2. The third kappa shape index (κ3) is 3.80. The van der Waals surface area contributed by atoms with Gasteiger partial charge in [-0.1, -0.05) is 47.6 Å². The normalized spacial score (nSPS) is 17.6. The second-order valence-electron chi connectivity index (χ2n) is 7.50. The molecular weight excluding hydrogens is 408 g/mol. The number of rotatable bonds is 6. The summed E-state index contributed by atoms with van der Waals surface area (Å²) in [6, 6.07) is 14.8. The Morgan fingerprint density at radius 1 is 1.16 bits per heavy atom. The van der Waals surface area contributed by atoms with Gasteiger partial charge in [0.1, 0.15) is 23.9 Å². The highest BCUT2D eigenvalue weighted by Crippen LogP contribution is 2.42. The average Bonchev–Trinajstić information content (AvgIpc) is 3.33.